The molecule has 2 amide bonds. The Morgan fingerprint density at radius 3 is 2.07 bits per heavy atom. The maximum atomic E-state index is 12.9. The van der Waals surface area contributed by atoms with Crippen LogP contribution < -0.4 is 5.32 Å². The second kappa shape index (κ2) is 7.69. The molecule has 0 radical (unpaired) electrons. The van der Waals surface area contributed by atoms with Crippen molar-refractivity contribution >= 4 is 17.5 Å². The van der Waals surface area contributed by atoms with Crippen molar-refractivity contribution in [1.29, 1.82) is 0 Å². The standard InChI is InChI=1S/C24H22N2O2/c1-26-16-21(19-14-12-18(13-15-19)17-8-4-2-5-9-17)22(24(26)28)23(27)25-20-10-6-3-7-11-20/h2-15,21-22H,16H2,1H3,(H,25,27). The fourth-order valence-corrected chi connectivity index (χ4v) is 3.79. The molecule has 0 saturated carbocycles. The topological polar surface area (TPSA) is 49.4 Å². The Labute approximate surface area is 164 Å². The van der Waals surface area contributed by atoms with Crippen LogP contribution in [0.25, 0.3) is 11.1 Å². The molecule has 4 rings (SSSR count). The van der Waals surface area contributed by atoms with Gasteiger partial charge in [-0.1, -0.05) is 72.8 Å². The first-order valence-corrected chi connectivity index (χ1v) is 9.40. The summed E-state index contributed by atoms with van der Waals surface area (Å²) in [5.41, 5.74) is 3.97. The number of carbonyl (C=O) groups is 2. The van der Waals surface area contributed by atoms with Crippen molar-refractivity contribution in [3.05, 3.63) is 90.5 Å². The fraction of sp³-hybridized carbons (Fsp3) is 0.167. The largest absolute Gasteiger partial charge is 0.344 e. The van der Waals surface area contributed by atoms with Crippen LogP contribution in [0.2, 0.25) is 0 Å². The van der Waals surface area contributed by atoms with Gasteiger partial charge in [0.1, 0.15) is 5.92 Å². The predicted molar refractivity (Wildman–Crippen MR) is 111 cm³/mol. The highest BCUT2D eigenvalue weighted by molar-refractivity contribution is 6.08. The number of hydrogen-bond acceptors (Lipinski definition) is 2. The van der Waals surface area contributed by atoms with Crippen LogP contribution in [-0.2, 0) is 9.59 Å². The Morgan fingerprint density at radius 2 is 1.43 bits per heavy atom. The van der Waals surface area contributed by atoms with E-state index in [1.54, 1.807) is 11.9 Å². The molecule has 3 aromatic carbocycles. The highest BCUT2D eigenvalue weighted by atomic mass is 16.2. The highest BCUT2D eigenvalue weighted by Gasteiger charge is 2.44. The molecule has 1 aliphatic heterocycles. The first-order chi connectivity index (χ1) is 13.6. The summed E-state index contributed by atoms with van der Waals surface area (Å²) < 4.78 is 0. The molecule has 28 heavy (non-hydrogen) atoms. The van der Waals surface area contributed by atoms with Gasteiger partial charge in [0.25, 0.3) is 0 Å². The van der Waals surface area contributed by atoms with Crippen LogP contribution >= 0.6 is 0 Å². The summed E-state index contributed by atoms with van der Waals surface area (Å²) in [4.78, 5) is 27.2. The van der Waals surface area contributed by atoms with Crippen LogP contribution in [0.1, 0.15) is 11.5 Å². The number of likely N-dealkylation sites (tertiary alicyclic amines) is 1. The van der Waals surface area contributed by atoms with E-state index in [1.165, 1.54) is 0 Å². The van der Waals surface area contributed by atoms with Gasteiger partial charge in [0.05, 0.1) is 0 Å². The van der Waals surface area contributed by atoms with Crippen LogP contribution in [-0.4, -0.2) is 30.3 Å². The molecule has 140 valence electrons. The number of anilines is 1. The Kier molecular flexibility index (Phi) is 4.94. The van der Waals surface area contributed by atoms with Gasteiger partial charge in [-0.2, -0.15) is 0 Å². The molecule has 0 aromatic heterocycles. The Balaban J connectivity index is 1.58. The molecule has 1 aliphatic rings. The molecule has 0 aliphatic carbocycles. The van der Waals surface area contributed by atoms with Gasteiger partial charge < -0.3 is 10.2 Å². The van der Waals surface area contributed by atoms with E-state index in [0.29, 0.717) is 12.2 Å². The SMILES string of the molecule is CN1CC(c2ccc(-c3ccccc3)cc2)C(C(=O)Nc2ccccc2)C1=O. The van der Waals surface area contributed by atoms with Gasteiger partial charge in [-0.25, -0.2) is 0 Å². The first kappa shape index (κ1) is 18.0. The molecule has 4 nitrogen and oxygen atoms in total. The van der Waals surface area contributed by atoms with E-state index in [-0.39, 0.29) is 17.7 Å². The van der Waals surface area contributed by atoms with Gasteiger partial charge in [0, 0.05) is 25.2 Å². The third-order valence-corrected chi connectivity index (χ3v) is 5.28. The van der Waals surface area contributed by atoms with Crippen molar-refractivity contribution in [2.24, 2.45) is 5.92 Å². The number of para-hydroxylation sites is 1. The smallest absolute Gasteiger partial charge is 0.237 e. The Hall–Kier alpha value is -3.40. The maximum Gasteiger partial charge on any atom is 0.237 e. The van der Waals surface area contributed by atoms with Gasteiger partial charge in [-0.05, 0) is 28.8 Å². The molecular formula is C24H22N2O2. The fourth-order valence-electron chi connectivity index (χ4n) is 3.79. The molecule has 1 N–H and O–H groups in total. The third kappa shape index (κ3) is 3.54. The number of rotatable bonds is 4. The van der Waals surface area contributed by atoms with E-state index in [1.807, 2.05) is 60.7 Å². The number of benzene rings is 3. The lowest BCUT2D eigenvalue weighted by atomic mass is 9.87. The molecule has 1 fully saturated rings. The average molecular weight is 370 g/mol. The average Bonchev–Trinajstić information content (AvgIpc) is 3.04. The van der Waals surface area contributed by atoms with E-state index in [0.717, 1.165) is 16.7 Å². The zero-order valence-electron chi connectivity index (χ0n) is 15.7. The summed E-state index contributed by atoms with van der Waals surface area (Å²) in [5, 5.41) is 2.89. The van der Waals surface area contributed by atoms with E-state index >= 15 is 0 Å². The summed E-state index contributed by atoms with van der Waals surface area (Å²) >= 11 is 0. The molecule has 2 unspecified atom stereocenters. The number of amides is 2. The van der Waals surface area contributed by atoms with Crippen LogP contribution in [0.3, 0.4) is 0 Å². The van der Waals surface area contributed by atoms with E-state index in [9.17, 15) is 9.59 Å². The van der Waals surface area contributed by atoms with Crippen LogP contribution in [0, 0.1) is 5.92 Å². The summed E-state index contributed by atoms with van der Waals surface area (Å²) in [7, 11) is 1.75. The number of nitrogens with zero attached hydrogens (tertiary/aromatic N) is 1. The van der Waals surface area contributed by atoms with Gasteiger partial charge in [0.15, 0.2) is 0 Å². The molecule has 1 heterocycles. The molecule has 2 atom stereocenters. The van der Waals surface area contributed by atoms with E-state index < -0.39 is 5.92 Å². The van der Waals surface area contributed by atoms with Gasteiger partial charge in [-0.15, -0.1) is 0 Å². The first-order valence-electron chi connectivity index (χ1n) is 9.40. The summed E-state index contributed by atoms with van der Waals surface area (Å²) in [6.45, 7) is 0.538. The highest BCUT2D eigenvalue weighted by Crippen LogP contribution is 2.35. The molecule has 1 saturated heterocycles. The second-order valence-electron chi connectivity index (χ2n) is 7.15. The molecule has 0 spiro atoms. The van der Waals surface area contributed by atoms with Crippen LogP contribution in [0.4, 0.5) is 5.69 Å². The summed E-state index contributed by atoms with van der Waals surface area (Å²) in [5.74, 6) is -1.26. The number of carbonyl (C=O) groups excluding carboxylic acids is 2. The van der Waals surface area contributed by atoms with Crippen molar-refractivity contribution in [3.63, 3.8) is 0 Å². The minimum atomic E-state index is -0.715. The second-order valence-corrected chi connectivity index (χ2v) is 7.15. The lowest BCUT2D eigenvalue weighted by Gasteiger charge is -2.17. The quantitative estimate of drug-likeness (QED) is 0.701. The van der Waals surface area contributed by atoms with Crippen molar-refractivity contribution in [2.75, 3.05) is 18.9 Å². The van der Waals surface area contributed by atoms with Crippen LogP contribution in [0.5, 0.6) is 0 Å². The van der Waals surface area contributed by atoms with E-state index in [2.05, 4.69) is 29.6 Å². The monoisotopic (exact) mass is 370 g/mol. The summed E-state index contributed by atoms with van der Waals surface area (Å²) in [6.07, 6.45) is 0. The number of nitrogens with one attached hydrogen (secondary N) is 1. The van der Waals surface area contributed by atoms with Crippen molar-refractivity contribution in [3.8, 4) is 11.1 Å². The minimum Gasteiger partial charge on any atom is -0.344 e. The minimum absolute atomic E-state index is 0.134. The number of hydrogen-bond donors (Lipinski definition) is 1. The van der Waals surface area contributed by atoms with Crippen molar-refractivity contribution in [1.82, 2.24) is 4.90 Å². The van der Waals surface area contributed by atoms with Gasteiger partial charge in [0.2, 0.25) is 11.8 Å². The maximum absolute atomic E-state index is 12.9. The van der Waals surface area contributed by atoms with E-state index in [4.69, 9.17) is 0 Å². The lowest BCUT2D eigenvalue weighted by Crippen LogP contribution is -2.32. The van der Waals surface area contributed by atoms with Crippen molar-refractivity contribution < 1.29 is 9.59 Å². The summed E-state index contributed by atoms with van der Waals surface area (Å²) in [6, 6.07) is 27.6. The zero-order chi connectivity index (χ0) is 19.5. The molecule has 3 aromatic rings. The van der Waals surface area contributed by atoms with Crippen molar-refractivity contribution in [2.45, 2.75) is 5.92 Å². The van der Waals surface area contributed by atoms with Crippen LogP contribution in [0.15, 0.2) is 84.9 Å². The zero-order valence-corrected chi connectivity index (χ0v) is 15.7. The molecular weight excluding hydrogens is 348 g/mol. The normalized spacial score (nSPS) is 18.9. The third-order valence-electron chi connectivity index (χ3n) is 5.28. The molecule has 4 heteroatoms. The predicted octanol–water partition coefficient (Wildman–Crippen LogP) is 4.16. The van der Waals surface area contributed by atoms with Gasteiger partial charge >= 0.3 is 0 Å². The Bertz CT molecular complexity index is 969. The molecule has 0 bridgehead atoms. The lowest BCUT2D eigenvalue weighted by molar-refractivity contribution is -0.135. The van der Waals surface area contributed by atoms with Gasteiger partial charge in [-0.3, -0.25) is 9.59 Å². The number of likely N-dealkylation sites (N-methyl/N-ethyl adjacent to an activating group) is 1. The Morgan fingerprint density at radius 1 is 0.857 bits per heavy atom.